The number of carbonyl (C=O) groups is 1. The third-order valence-corrected chi connectivity index (χ3v) is 1.43. The van der Waals surface area contributed by atoms with E-state index in [9.17, 15) is 4.79 Å². The van der Waals surface area contributed by atoms with Crippen LogP contribution in [0.2, 0.25) is 0 Å². The number of oxime groups is 1. The van der Waals surface area contributed by atoms with Gasteiger partial charge in [0.05, 0.1) is 0 Å². The van der Waals surface area contributed by atoms with E-state index in [1.165, 1.54) is 6.92 Å². The highest BCUT2D eigenvalue weighted by Gasteiger charge is 2.01. The molecule has 1 aromatic rings. The zero-order chi connectivity index (χ0) is 11.1. The van der Waals surface area contributed by atoms with Crippen molar-refractivity contribution in [1.82, 2.24) is 0 Å². The van der Waals surface area contributed by atoms with Gasteiger partial charge in [-0.3, -0.25) is 0 Å². The molecule has 0 unspecified atom stereocenters. The van der Waals surface area contributed by atoms with E-state index in [-0.39, 0.29) is 5.84 Å². The first kappa shape index (κ1) is 10.7. The normalized spacial score (nSPS) is 10.3. The summed E-state index contributed by atoms with van der Waals surface area (Å²) in [4.78, 5) is 17.5. The van der Waals surface area contributed by atoms with Gasteiger partial charge in [0.2, 0.25) is 0 Å². The lowest BCUT2D eigenvalue weighted by molar-refractivity contribution is -0.140. The van der Waals surface area contributed by atoms with Gasteiger partial charge in [-0.15, -0.1) is 0 Å². The molecule has 0 radical (unpaired) electrons. The summed E-state index contributed by atoms with van der Waals surface area (Å²) in [5, 5.41) is 6.75. The lowest BCUT2D eigenvalue weighted by Crippen LogP contribution is -1.99. The molecule has 0 amide bonds. The average molecular weight is 204 g/mol. The minimum atomic E-state index is -0.573. The largest absolute Gasteiger partial charge is 0.331 e. The Bertz CT molecular complexity index is 421. The molecule has 0 aromatic heterocycles. The molecule has 0 spiro atoms. The van der Waals surface area contributed by atoms with E-state index < -0.39 is 5.97 Å². The molecule has 0 fully saturated rings. The number of carbonyl (C=O) groups excluding carboxylic acids is 1. The number of nitrogens with zero attached hydrogens (tertiary/aromatic N) is 4. The van der Waals surface area contributed by atoms with Gasteiger partial charge in [0, 0.05) is 17.4 Å². The highest BCUT2D eigenvalue weighted by molar-refractivity contribution is 5.99. The van der Waals surface area contributed by atoms with E-state index in [1.807, 2.05) is 6.07 Å². The third-order valence-electron chi connectivity index (χ3n) is 1.43. The van der Waals surface area contributed by atoms with Crippen LogP contribution in [0.25, 0.3) is 10.4 Å². The molecule has 15 heavy (non-hydrogen) atoms. The Morgan fingerprint density at radius 2 is 2.07 bits per heavy atom. The van der Waals surface area contributed by atoms with E-state index >= 15 is 0 Å². The van der Waals surface area contributed by atoms with Gasteiger partial charge < -0.3 is 4.84 Å². The monoisotopic (exact) mass is 204 g/mol. The summed E-state index contributed by atoms with van der Waals surface area (Å²) < 4.78 is 0. The summed E-state index contributed by atoms with van der Waals surface area (Å²) in [7, 11) is 0. The fourth-order valence-electron chi connectivity index (χ4n) is 0.866. The predicted molar refractivity (Wildman–Crippen MR) is 53.9 cm³/mol. The molecule has 0 atom stereocenters. The third kappa shape index (κ3) is 3.50. The van der Waals surface area contributed by atoms with Crippen LogP contribution in [0.4, 0.5) is 0 Å². The maximum atomic E-state index is 10.5. The van der Waals surface area contributed by atoms with Gasteiger partial charge >= 0.3 is 5.97 Å². The van der Waals surface area contributed by atoms with Crippen LogP contribution in [0.15, 0.2) is 40.6 Å². The lowest BCUT2D eigenvalue weighted by Gasteiger charge is -1.97. The van der Waals surface area contributed by atoms with Gasteiger partial charge in [-0.1, -0.05) is 35.5 Å². The zero-order valence-electron chi connectivity index (χ0n) is 7.99. The zero-order valence-corrected chi connectivity index (χ0v) is 7.99. The Morgan fingerprint density at radius 3 is 2.60 bits per heavy atom. The molecular formula is C9H8N4O2. The molecule has 6 nitrogen and oxygen atoms in total. The van der Waals surface area contributed by atoms with Gasteiger partial charge in [0.25, 0.3) is 0 Å². The number of amidine groups is 1. The molecule has 0 aliphatic rings. The summed E-state index contributed by atoms with van der Waals surface area (Å²) in [6, 6.07) is 8.70. The first-order chi connectivity index (χ1) is 7.24. The first-order valence-corrected chi connectivity index (χ1v) is 4.10. The van der Waals surface area contributed by atoms with Crippen molar-refractivity contribution in [1.29, 1.82) is 0 Å². The topological polar surface area (TPSA) is 87.4 Å². The van der Waals surface area contributed by atoms with Crippen LogP contribution >= 0.6 is 0 Å². The summed E-state index contributed by atoms with van der Waals surface area (Å²) in [5.41, 5.74) is 8.88. The summed E-state index contributed by atoms with van der Waals surface area (Å²) in [5.74, 6) is -0.551. The van der Waals surface area contributed by atoms with Crippen molar-refractivity contribution in [2.45, 2.75) is 6.92 Å². The highest BCUT2D eigenvalue weighted by Crippen LogP contribution is 2.03. The number of azide groups is 1. The van der Waals surface area contributed by atoms with Crippen LogP contribution in [0.5, 0.6) is 0 Å². The van der Waals surface area contributed by atoms with Crippen LogP contribution in [0, 0.1) is 0 Å². The van der Waals surface area contributed by atoms with Crippen LogP contribution in [-0.4, -0.2) is 11.8 Å². The smallest absolute Gasteiger partial charge is 0.318 e. The molecule has 1 aromatic carbocycles. The number of hydrogen-bond acceptors (Lipinski definition) is 3. The number of benzene rings is 1. The van der Waals surface area contributed by atoms with Crippen molar-refractivity contribution < 1.29 is 9.63 Å². The summed E-state index contributed by atoms with van der Waals surface area (Å²) in [6.07, 6.45) is 0. The molecule has 0 bridgehead atoms. The summed E-state index contributed by atoms with van der Waals surface area (Å²) in [6.45, 7) is 1.21. The Kier molecular flexibility index (Phi) is 3.88. The van der Waals surface area contributed by atoms with Gasteiger partial charge in [-0.25, -0.2) is 4.79 Å². The Balaban J connectivity index is 2.98. The quantitative estimate of drug-likeness (QED) is 0.141. The molecule has 76 valence electrons. The van der Waals surface area contributed by atoms with Crippen molar-refractivity contribution in [3.63, 3.8) is 0 Å². The van der Waals surface area contributed by atoms with Gasteiger partial charge in [0.15, 0.2) is 5.84 Å². The SMILES string of the molecule is CC(=O)O/N=C(/N=[N+]=[N-])c1ccccc1. The van der Waals surface area contributed by atoms with Crippen LogP contribution in [-0.2, 0) is 9.63 Å². The van der Waals surface area contributed by atoms with E-state index in [0.717, 1.165) is 0 Å². The minimum Gasteiger partial charge on any atom is -0.318 e. The molecule has 0 heterocycles. The maximum Gasteiger partial charge on any atom is 0.331 e. The molecule has 6 heteroatoms. The van der Waals surface area contributed by atoms with E-state index in [4.69, 9.17) is 5.53 Å². The Labute approximate surface area is 85.8 Å². The predicted octanol–water partition coefficient (Wildman–Crippen LogP) is 2.22. The second-order valence-corrected chi connectivity index (χ2v) is 2.55. The molecule has 0 saturated carbocycles. The Morgan fingerprint density at radius 1 is 1.40 bits per heavy atom. The highest BCUT2D eigenvalue weighted by atomic mass is 16.7. The second-order valence-electron chi connectivity index (χ2n) is 2.55. The molecular weight excluding hydrogens is 196 g/mol. The van der Waals surface area contributed by atoms with Gasteiger partial charge in [0.1, 0.15) is 0 Å². The van der Waals surface area contributed by atoms with Crippen molar-refractivity contribution in [3.8, 4) is 0 Å². The minimum absolute atomic E-state index is 0.0216. The summed E-state index contributed by atoms with van der Waals surface area (Å²) >= 11 is 0. The second kappa shape index (κ2) is 5.41. The fraction of sp³-hybridized carbons (Fsp3) is 0.111. The number of hydrogen-bond donors (Lipinski definition) is 0. The van der Waals surface area contributed by atoms with E-state index in [1.54, 1.807) is 24.3 Å². The van der Waals surface area contributed by atoms with Crippen molar-refractivity contribution in [2.75, 3.05) is 0 Å². The fourth-order valence-corrected chi connectivity index (χ4v) is 0.866. The van der Waals surface area contributed by atoms with E-state index in [2.05, 4.69) is 20.0 Å². The van der Waals surface area contributed by atoms with Crippen molar-refractivity contribution >= 4 is 11.8 Å². The standard InChI is InChI=1S/C9H8N4O2/c1-7(14)15-12-9(11-13-10)8-5-3-2-4-6-8/h2-6H,1H3/b12-9+. The van der Waals surface area contributed by atoms with Crippen molar-refractivity contribution in [2.24, 2.45) is 10.3 Å². The lowest BCUT2D eigenvalue weighted by atomic mass is 10.2. The van der Waals surface area contributed by atoms with Crippen LogP contribution in [0.1, 0.15) is 12.5 Å². The maximum absolute atomic E-state index is 10.5. The van der Waals surface area contributed by atoms with Gasteiger partial charge in [-0.05, 0) is 10.6 Å². The van der Waals surface area contributed by atoms with Crippen LogP contribution in [0.3, 0.4) is 0 Å². The molecule has 0 saturated heterocycles. The van der Waals surface area contributed by atoms with Gasteiger partial charge in [-0.2, -0.15) is 0 Å². The average Bonchev–Trinajstić information content (AvgIpc) is 2.25. The molecule has 0 N–H and O–H groups in total. The Hall–Kier alpha value is -2.33. The molecule has 0 aliphatic carbocycles. The van der Waals surface area contributed by atoms with Crippen molar-refractivity contribution in [3.05, 3.63) is 46.3 Å². The first-order valence-electron chi connectivity index (χ1n) is 4.10. The van der Waals surface area contributed by atoms with Crippen LogP contribution < -0.4 is 0 Å². The number of rotatable bonds is 2. The molecule has 0 aliphatic heterocycles. The molecule has 1 rings (SSSR count). The van der Waals surface area contributed by atoms with E-state index in [0.29, 0.717) is 5.56 Å².